The lowest BCUT2D eigenvalue weighted by atomic mass is 10.1. The average molecular weight is 325 g/mol. The topological polar surface area (TPSA) is 45.7 Å². The van der Waals surface area contributed by atoms with Crippen molar-refractivity contribution in [3.8, 4) is 0 Å². The molecule has 0 aromatic heterocycles. The van der Waals surface area contributed by atoms with Gasteiger partial charge in [0.1, 0.15) is 0 Å². The average Bonchev–Trinajstić information content (AvgIpc) is 2.62. The SMILES string of the molecule is CCNC(=NCc1ccc(COC)cc1)NCCc1ccccc1. The highest BCUT2D eigenvalue weighted by molar-refractivity contribution is 5.79. The van der Waals surface area contributed by atoms with E-state index in [1.165, 1.54) is 16.7 Å². The number of nitrogens with zero attached hydrogens (tertiary/aromatic N) is 1. The van der Waals surface area contributed by atoms with Crippen molar-refractivity contribution in [2.45, 2.75) is 26.5 Å². The highest BCUT2D eigenvalue weighted by Gasteiger charge is 1.99. The molecule has 0 aliphatic heterocycles. The number of ether oxygens (including phenoxy) is 1. The molecule has 2 rings (SSSR count). The molecule has 2 aromatic rings. The number of hydrogen-bond donors (Lipinski definition) is 2. The smallest absolute Gasteiger partial charge is 0.191 e. The minimum atomic E-state index is 0.646. The second-order valence-electron chi connectivity index (χ2n) is 5.61. The summed E-state index contributed by atoms with van der Waals surface area (Å²) in [7, 11) is 1.71. The van der Waals surface area contributed by atoms with Crippen LogP contribution >= 0.6 is 0 Å². The Kier molecular flexibility index (Phi) is 7.84. The molecule has 0 unspecified atom stereocenters. The lowest BCUT2D eigenvalue weighted by molar-refractivity contribution is 0.185. The Morgan fingerprint density at radius 2 is 1.62 bits per heavy atom. The number of aliphatic imine (C=N–C) groups is 1. The summed E-state index contributed by atoms with van der Waals surface area (Å²) < 4.78 is 5.13. The molecule has 0 fully saturated rings. The summed E-state index contributed by atoms with van der Waals surface area (Å²) in [6.07, 6.45) is 0.983. The van der Waals surface area contributed by atoms with Gasteiger partial charge >= 0.3 is 0 Å². The number of hydrogen-bond acceptors (Lipinski definition) is 2. The second kappa shape index (κ2) is 10.4. The van der Waals surface area contributed by atoms with E-state index in [4.69, 9.17) is 4.74 Å². The minimum Gasteiger partial charge on any atom is -0.380 e. The van der Waals surface area contributed by atoms with E-state index in [-0.39, 0.29) is 0 Å². The molecule has 128 valence electrons. The van der Waals surface area contributed by atoms with Crippen LogP contribution in [0, 0.1) is 0 Å². The molecule has 0 atom stereocenters. The predicted octanol–water partition coefficient (Wildman–Crippen LogP) is 3.13. The van der Waals surface area contributed by atoms with E-state index in [9.17, 15) is 0 Å². The van der Waals surface area contributed by atoms with Gasteiger partial charge in [0.15, 0.2) is 5.96 Å². The summed E-state index contributed by atoms with van der Waals surface area (Å²) in [5, 5.41) is 6.68. The van der Waals surface area contributed by atoms with Crippen LogP contribution in [-0.2, 0) is 24.3 Å². The lowest BCUT2D eigenvalue weighted by Crippen LogP contribution is -2.38. The molecule has 4 heteroatoms. The van der Waals surface area contributed by atoms with Crippen LogP contribution < -0.4 is 10.6 Å². The maximum Gasteiger partial charge on any atom is 0.191 e. The molecule has 0 bridgehead atoms. The third kappa shape index (κ3) is 6.42. The fourth-order valence-corrected chi connectivity index (χ4v) is 2.39. The van der Waals surface area contributed by atoms with Gasteiger partial charge in [0.25, 0.3) is 0 Å². The first-order chi connectivity index (χ1) is 11.8. The molecule has 0 radical (unpaired) electrons. The molecule has 0 aliphatic carbocycles. The minimum absolute atomic E-state index is 0.646. The number of benzene rings is 2. The zero-order chi connectivity index (χ0) is 17.0. The molecule has 24 heavy (non-hydrogen) atoms. The van der Waals surface area contributed by atoms with E-state index in [0.717, 1.165) is 25.5 Å². The van der Waals surface area contributed by atoms with Gasteiger partial charge in [0.05, 0.1) is 13.2 Å². The van der Waals surface area contributed by atoms with Crippen molar-refractivity contribution in [1.82, 2.24) is 10.6 Å². The molecule has 0 heterocycles. The molecule has 0 saturated heterocycles. The van der Waals surface area contributed by atoms with Gasteiger partial charge in [-0.2, -0.15) is 0 Å². The standard InChI is InChI=1S/C20H27N3O/c1-3-21-20(22-14-13-17-7-5-4-6-8-17)23-15-18-9-11-19(12-10-18)16-24-2/h4-12H,3,13-16H2,1-2H3,(H2,21,22,23). The van der Waals surface area contributed by atoms with Crippen LogP contribution in [0.15, 0.2) is 59.6 Å². The maximum absolute atomic E-state index is 5.13. The molecule has 0 aliphatic rings. The number of nitrogens with one attached hydrogen (secondary N) is 2. The molecular formula is C20H27N3O. The Morgan fingerprint density at radius 1 is 0.917 bits per heavy atom. The zero-order valence-corrected chi connectivity index (χ0v) is 14.6. The van der Waals surface area contributed by atoms with Crippen LogP contribution in [-0.4, -0.2) is 26.2 Å². The Bertz CT molecular complexity index is 609. The zero-order valence-electron chi connectivity index (χ0n) is 14.6. The number of rotatable bonds is 8. The summed E-state index contributed by atoms with van der Waals surface area (Å²) >= 11 is 0. The van der Waals surface area contributed by atoms with E-state index < -0.39 is 0 Å². The van der Waals surface area contributed by atoms with Crippen molar-refractivity contribution in [1.29, 1.82) is 0 Å². The fraction of sp³-hybridized carbons (Fsp3) is 0.350. The third-order valence-electron chi connectivity index (χ3n) is 3.65. The molecule has 2 N–H and O–H groups in total. The van der Waals surface area contributed by atoms with Crippen LogP contribution in [0.25, 0.3) is 0 Å². The van der Waals surface area contributed by atoms with E-state index in [1.54, 1.807) is 7.11 Å². The Labute approximate surface area is 145 Å². The van der Waals surface area contributed by atoms with E-state index in [0.29, 0.717) is 13.2 Å². The molecule has 0 saturated carbocycles. The van der Waals surface area contributed by atoms with Gasteiger partial charge in [-0.25, -0.2) is 4.99 Å². The first-order valence-corrected chi connectivity index (χ1v) is 8.44. The van der Waals surface area contributed by atoms with Gasteiger partial charge in [0.2, 0.25) is 0 Å². The quantitative estimate of drug-likeness (QED) is 0.579. The summed E-state index contributed by atoms with van der Waals surface area (Å²) in [5.41, 5.74) is 3.70. The highest BCUT2D eigenvalue weighted by atomic mass is 16.5. The van der Waals surface area contributed by atoms with Crippen molar-refractivity contribution < 1.29 is 4.74 Å². The monoisotopic (exact) mass is 325 g/mol. The predicted molar refractivity (Wildman–Crippen MR) is 100 cm³/mol. The molecule has 0 spiro atoms. The molecule has 0 amide bonds. The number of methoxy groups -OCH3 is 1. The number of guanidine groups is 1. The van der Waals surface area contributed by atoms with Gasteiger partial charge < -0.3 is 15.4 Å². The fourth-order valence-electron chi connectivity index (χ4n) is 2.39. The summed E-state index contributed by atoms with van der Waals surface area (Å²) in [6, 6.07) is 18.9. The van der Waals surface area contributed by atoms with Gasteiger partial charge in [-0.05, 0) is 30.0 Å². The molecule has 2 aromatic carbocycles. The van der Waals surface area contributed by atoms with Gasteiger partial charge in [-0.1, -0.05) is 54.6 Å². The van der Waals surface area contributed by atoms with Gasteiger partial charge in [0, 0.05) is 20.2 Å². The van der Waals surface area contributed by atoms with Crippen molar-refractivity contribution >= 4 is 5.96 Å². The van der Waals surface area contributed by atoms with Gasteiger partial charge in [-0.3, -0.25) is 0 Å². The van der Waals surface area contributed by atoms with Crippen LogP contribution in [0.4, 0.5) is 0 Å². The molecule has 4 nitrogen and oxygen atoms in total. The van der Waals surface area contributed by atoms with Gasteiger partial charge in [-0.15, -0.1) is 0 Å². The van der Waals surface area contributed by atoms with Crippen LogP contribution in [0.5, 0.6) is 0 Å². The van der Waals surface area contributed by atoms with Crippen molar-refractivity contribution in [3.63, 3.8) is 0 Å². The Balaban J connectivity index is 1.85. The Morgan fingerprint density at radius 3 is 2.29 bits per heavy atom. The largest absolute Gasteiger partial charge is 0.380 e. The van der Waals surface area contributed by atoms with E-state index >= 15 is 0 Å². The first kappa shape index (κ1) is 18.0. The maximum atomic E-state index is 5.13. The first-order valence-electron chi connectivity index (χ1n) is 8.44. The van der Waals surface area contributed by atoms with Crippen LogP contribution in [0.1, 0.15) is 23.6 Å². The summed E-state index contributed by atoms with van der Waals surface area (Å²) in [4.78, 5) is 4.65. The highest BCUT2D eigenvalue weighted by Crippen LogP contribution is 2.06. The Hall–Kier alpha value is -2.33. The van der Waals surface area contributed by atoms with E-state index in [1.807, 2.05) is 6.07 Å². The van der Waals surface area contributed by atoms with Crippen molar-refractivity contribution in [2.24, 2.45) is 4.99 Å². The summed E-state index contributed by atoms with van der Waals surface area (Å²) in [6.45, 7) is 5.10. The normalized spacial score (nSPS) is 11.3. The van der Waals surface area contributed by atoms with Crippen LogP contribution in [0.3, 0.4) is 0 Å². The van der Waals surface area contributed by atoms with Crippen LogP contribution in [0.2, 0.25) is 0 Å². The van der Waals surface area contributed by atoms with Crippen molar-refractivity contribution in [3.05, 3.63) is 71.3 Å². The summed E-state index contributed by atoms with van der Waals surface area (Å²) in [5.74, 6) is 0.856. The third-order valence-corrected chi connectivity index (χ3v) is 3.65. The van der Waals surface area contributed by atoms with E-state index in [2.05, 4.69) is 71.1 Å². The second-order valence-corrected chi connectivity index (χ2v) is 5.61. The lowest BCUT2D eigenvalue weighted by Gasteiger charge is -2.11. The molecular weight excluding hydrogens is 298 g/mol. The van der Waals surface area contributed by atoms with Crippen molar-refractivity contribution in [2.75, 3.05) is 20.2 Å².